The van der Waals surface area contributed by atoms with Crippen molar-refractivity contribution < 1.29 is 13.2 Å². The molecule has 0 unspecified atom stereocenters. The Hall–Kier alpha value is -2.57. The van der Waals surface area contributed by atoms with Crippen molar-refractivity contribution in [2.75, 3.05) is 5.73 Å². The molecular weight excluding hydrogens is 281 g/mol. The summed E-state index contributed by atoms with van der Waals surface area (Å²) >= 11 is 0. The minimum Gasteiger partial charge on any atom is -0.399 e. The molecule has 4 nitrogen and oxygen atoms in total. The SMILES string of the molecule is Nc1ccc(Cc2nc3c(C(F)(F)F)cccn3n2)cc1. The van der Waals surface area contributed by atoms with Gasteiger partial charge in [0.05, 0.1) is 0 Å². The Bertz CT molecular complexity index is 775. The van der Waals surface area contributed by atoms with E-state index in [-0.39, 0.29) is 5.65 Å². The van der Waals surface area contributed by atoms with Crippen LogP contribution in [0.1, 0.15) is 17.0 Å². The van der Waals surface area contributed by atoms with Gasteiger partial charge in [-0.2, -0.15) is 18.3 Å². The van der Waals surface area contributed by atoms with Gasteiger partial charge in [-0.3, -0.25) is 0 Å². The molecule has 0 spiro atoms. The van der Waals surface area contributed by atoms with E-state index >= 15 is 0 Å². The minimum atomic E-state index is -4.45. The number of alkyl halides is 3. The summed E-state index contributed by atoms with van der Waals surface area (Å²) in [6.07, 6.45) is -2.66. The molecule has 7 heteroatoms. The molecule has 0 saturated heterocycles. The fourth-order valence-electron chi connectivity index (χ4n) is 2.06. The smallest absolute Gasteiger partial charge is 0.399 e. The largest absolute Gasteiger partial charge is 0.420 e. The van der Waals surface area contributed by atoms with Gasteiger partial charge in [0.2, 0.25) is 0 Å². The first-order valence-electron chi connectivity index (χ1n) is 6.19. The molecule has 2 N–H and O–H groups in total. The minimum absolute atomic E-state index is 0.185. The second-order valence-electron chi connectivity index (χ2n) is 4.63. The molecule has 0 bridgehead atoms. The van der Waals surface area contributed by atoms with E-state index < -0.39 is 11.7 Å². The zero-order valence-electron chi connectivity index (χ0n) is 10.8. The van der Waals surface area contributed by atoms with Crippen LogP contribution in [0.25, 0.3) is 5.65 Å². The molecule has 0 aliphatic carbocycles. The van der Waals surface area contributed by atoms with E-state index in [9.17, 15) is 13.2 Å². The van der Waals surface area contributed by atoms with Crippen molar-refractivity contribution in [1.29, 1.82) is 0 Å². The van der Waals surface area contributed by atoms with Crippen LogP contribution in [0.3, 0.4) is 0 Å². The number of halogens is 3. The number of aromatic nitrogens is 3. The van der Waals surface area contributed by atoms with Crippen LogP contribution in [0.4, 0.5) is 18.9 Å². The van der Waals surface area contributed by atoms with Gasteiger partial charge in [0.25, 0.3) is 0 Å². The number of pyridine rings is 1. The normalized spacial score (nSPS) is 12.0. The van der Waals surface area contributed by atoms with E-state index in [1.165, 1.54) is 12.3 Å². The molecule has 108 valence electrons. The zero-order valence-corrected chi connectivity index (χ0v) is 10.8. The summed E-state index contributed by atoms with van der Waals surface area (Å²) in [6, 6.07) is 9.35. The van der Waals surface area contributed by atoms with Gasteiger partial charge in [-0.05, 0) is 29.8 Å². The number of nitrogen functional groups attached to an aromatic ring is 1. The first-order valence-corrected chi connectivity index (χ1v) is 6.19. The maximum Gasteiger partial charge on any atom is 0.420 e. The van der Waals surface area contributed by atoms with Crippen LogP contribution in [0.2, 0.25) is 0 Å². The van der Waals surface area contributed by atoms with Crippen molar-refractivity contribution in [3.63, 3.8) is 0 Å². The highest BCUT2D eigenvalue weighted by atomic mass is 19.4. The molecule has 3 aromatic rings. The van der Waals surface area contributed by atoms with Gasteiger partial charge >= 0.3 is 6.18 Å². The van der Waals surface area contributed by atoms with Gasteiger partial charge < -0.3 is 5.73 Å². The van der Waals surface area contributed by atoms with Crippen LogP contribution in [0, 0.1) is 0 Å². The molecule has 2 heterocycles. The van der Waals surface area contributed by atoms with E-state index in [0.29, 0.717) is 17.9 Å². The van der Waals surface area contributed by atoms with Gasteiger partial charge in [-0.25, -0.2) is 9.50 Å². The average molecular weight is 292 g/mol. The van der Waals surface area contributed by atoms with E-state index in [4.69, 9.17) is 5.73 Å². The predicted octanol–water partition coefficient (Wildman–Crippen LogP) is 2.92. The van der Waals surface area contributed by atoms with Crippen molar-refractivity contribution in [3.05, 3.63) is 59.5 Å². The molecule has 3 rings (SSSR count). The maximum atomic E-state index is 12.9. The van der Waals surface area contributed by atoms with E-state index in [1.807, 2.05) is 0 Å². The predicted molar refractivity (Wildman–Crippen MR) is 71.6 cm³/mol. The topological polar surface area (TPSA) is 56.2 Å². The highest BCUT2D eigenvalue weighted by Crippen LogP contribution is 2.31. The molecule has 0 saturated carbocycles. The molecule has 0 radical (unpaired) electrons. The van der Waals surface area contributed by atoms with Gasteiger partial charge in [-0.15, -0.1) is 0 Å². The van der Waals surface area contributed by atoms with Crippen LogP contribution in [0.5, 0.6) is 0 Å². The molecule has 21 heavy (non-hydrogen) atoms. The Balaban J connectivity index is 1.99. The Morgan fingerprint density at radius 3 is 2.48 bits per heavy atom. The molecule has 0 aliphatic heterocycles. The summed E-state index contributed by atoms with van der Waals surface area (Å²) in [5.74, 6) is 0.330. The second-order valence-corrected chi connectivity index (χ2v) is 4.63. The summed E-state index contributed by atoms with van der Waals surface area (Å²) in [7, 11) is 0. The summed E-state index contributed by atoms with van der Waals surface area (Å²) in [6.45, 7) is 0. The number of benzene rings is 1. The molecule has 0 aliphatic rings. The third-order valence-corrected chi connectivity index (χ3v) is 3.05. The number of hydrogen-bond donors (Lipinski definition) is 1. The third-order valence-electron chi connectivity index (χ3n) is 3.05. The van der Waals surface area contributed by atoms with E-state index in [2.05, 4.69) is 10.1 Å². The molecule has 2 aromatic heterocycles. The van der Waals surface area contributed by atoms with Gasteiger partial charge in [0.1, 0.15) is 5.56 Å². The molecular formula is C14H11F3N4. The Kier molecular flexibility index (Phi) is 3.04. The summed E-state index contributed by atoms with van der Waals surface area (Å²) < 4.78 is 39.9. The highest BCUT2D eigenvalue weighted by molar-refractivity contribution is 5.49. The monoisotopic (exact) mass is 292 g/mol. The summed E-state index contributed by atoms with van der Waals surface area (Å²) in [4.78, 5) is 4.00. The van der Waals surface area contributed by atoms with Crippen molar-refractivity contribution in [2.45, 2.75) is 12.6 Å². The third kappa shape index (κ3) is 2.67. The fourth-order valence-corrected chi connectivity index (χ4v) is 2.06. The van der Waals surface area contributed by atoms with Crippen molar-refractivity contribution >= 4 is 11.3 Å². The Morgan fingerprint density at radius 2 is 1.81 bits per heavy atom. The number of anilines is 1. The lowest BCUT2D eigenvalue weighted by molar-refractivity contribution is -0.136. The van der Waals surface area contributed by atoms with Crippen molar-refractivity contribution in [1.82, 2.24) is 14.6 Å². The first kappa shape index (κ1) is 13.4. The molecule has 0 amide bonds. The van der Waals surface area contributed by atoms with Crippen LogP contribution in [0.15, 0.2) is 42.6 Å². The molecule has 1 aromatic carbocycles. The standard InChI is InChI=1S/C14H11F3N4/c15-14(16,17)11-2-1-7-21-13(11)19-12(20-21)8-9-3-5-10(18)6-4-9/h1-7H,8,18H2. The maximum absolute atomic E-state index is 12.9. The molecule has 0 atom stereocenters. The van der Waals surface area contributed by atoms with Gasteiger partial charge in [-0.1, -0.05) is 12.1 Å². The summed E-state index contributed by atoms with van der Waals surface area (Å²) in [5, 5.41) is 4.08. The van der Waals surface area contributed by atoms with Crippen LogP contribution in [-0.2, 0) is 12.6 Å². The van der Waals surface area contributed by atoms with E-state index in [0.717, 1.165) is 16.1 Å². The Morgan fingerprint density at radius 1 is 1.10 bits per heavy atom. The number of hydrogen-bond acceptors (Lipinski definition) is 3. The van der Waals surface area contributed by atoms with Gasteiger partial charge in [0, 0.05) is 18.3 Å². The quantitative estimate of drug-likeness (QED) is 0.739. The first-order chi connectivity index (χ1) is 9.93. The van der Waals surface area contributed by atoms with Crippen LogP contribution in [-0.4, -0.2) is 14.6 Å². The van der Waals surface area contributed by atoms with Crippen molar-refractivity contribution in [2.24, 2.45) is 0 Å². The van der Waals surface area contributed by atoms with Crippen LogP contribution < -0.4 is 5.73 Å². The number of nitrogens with zero attached hydrogens (tertiary/aromatic N) is 3. The Labute approximate surface area is 118 Å². The lowest BCUT2D eigenvalue weighted by Crippen LogP contribution is -2.07. The number of rotatable bonds is 2. The van der Waals surface area contributed by atoms with Crippen LogP contribution >= 0.6 is 0 Å². The van der Waals surface area contributed by atoms with E-state index in [1.54, 1.807) is 24.3 Å². The second kappa shape index (κ2) is 4.76. The lowest BCUT2D eigenvalue weighted by Gasteiger charge is -2.05. The molecule has 0 fully saturated rings. The lowest BCUT2D eigenvalue weighted by atomic mass is 10.1. The average Bonchev–Trinajstić information content (AvgIpc) is 2.82. The fraction of sp³-hybridized carbons (Fsp3) is 0.143. The zero-order chi connectivity index (χ0) is 15.0. The van der Waals surface area contributed by atoms with Crippen molar-refractivity contribution in [3.8, 4) is 0 Å². The number of nitrogens with two attached hydrogens (primary N) is 1. The number of fused-ring (bicyclic) bond motifs is 1. The van der Waals surface area contributed by atoms with Gasteiger partial charge in [0.15, 0.2) is 11.5 Å². The highest BCUT2D eigenvalue weighted by Gasteiger charge is 2.34. The summed E-state index contributed by atoms with van der Waals surface area (Å²) in [5.41, 5.74) is 6.12.